The molecule has 4 rings (SSSR count). The number of ether oxygens (including phenoxy) is 1. The number of aryl methyl sites for hydroxylation is 1. The number of likely N-dealkylation sites (N-methyl/N-ethyl adjacent to an activating group) is 1. The lowest BCUT2D eigenvalue weighted by atomic mass is 10.1. The number of carbonyl (C=O) groups excluding carboxylic acids is 1. The standard InChI is InChI=1S/C26H33N5O2/c1-4-18-7-9-19(10-8-18)29-25-20-15-23(31-12-6-11-30(3)13-14-31)24(33-5-2)16-22(20)28-17-21(25)26(27)32/h7-10,15-17H,4-6,11-14H2,1-3H3,(H2,27,32)(H,28,29). The highest BCUT2D eigenvalue weighted by molar-refractivity contribution is 6.08. The molecular formula is C26H33N5O2. The SMILES string of the molecule is CCOc1cc2ncc(C(N)=O)c(Nc3ccc(CC)cc3)c2cc1N1CCCN(C)CC1. The number of carbonyl (C=O) groups is 1. The Labute approximate surface area is 195 Å². The molecule has 3 aromatic rings. The van der Waals surface area contributed by atoms with E-state index in [-0.39, 0.29) is 0 Å². The number of hydrogen-bond donors (Lipinski definition) is 2. The minimum absolute atomic E-state index is 0.368. The third kappa shape index (κ3) is 5.03. The molecule has 1 amide bonds. The molecule has 3 N–H and O–H groups in total. The van der Waals surface area contributed by atoms with Crippen LogP contribution in [-0.4, -0.2) is 55.6 Å². The molecule has 1 aliphatic heterocycles. The summed E-state index contributed by atoms with van der Waals surface area (Å²) in [5.41, 5.74) is 10.7. The minimum Gasteiger partial charge on any atom is -0.492 e. The predicted octanol–water partition coefficient (Wildman–Crippen LogP) is 4.18. The van der Waals surface area contributed by atoms with Gasteiger partial charge in [0.1, 0.15) is 5.75 Å². The van der Waals surface area contributed by atoms with Crippen molar-refractivity contribution in [2.45, 2.75) is 26.7 Å². The zero-order valence-corrected chi connectivity index (χ0v) is 19.7. The summed E-state index contributed by atoms with van der Waals surface area (Å²) < 4.78 is 6.02. The number of fused-ring (bicyclic) bond motifs is 1. The first kappa shape index (κ1) is 22.9. The van der Waals surface area contributed by atoms with Gasteiger partial charge in [-0.15, -0.1) is 0 Å². The lowest BCUT2D eigenvalue weighted by molar-refractivity contribution is 0.100. The van der Waals surface area contributed by atoms with E-state index in [0.29, 0.717) is 17.9 Å². The summed E-state index contributed by atoms with van der Waals surface area (Å²) in [6.07, 6.45) is 3.60. The molecule has 0 radical (unpaired) electrons. The minimum atomic E-state index is -0.510. The number of nitrogens with two attached hydrogens (primary N) is 1. The van der Waals surface area contributed by atoms with Crippen LogP contribution in [0.25, 0.3) is 10.9 Å². The van der Waals surface area contributed by atoms with E-state index in [0.717, 1.165) is 67.0 Å². The number of anilines is 3. The number of amides is 1. The first-order valence-electron chi connectivity index (χ1n) is 11.7. The normalized spacial score (nSPS) is 14.8. The number of nitrogens with zero attached hydrogens (tertiary/aromatic N) is 3. The molecule has 0 spiro atoms. The van der Waals surface area contributed by atoms with E-state index >= 15 is 0 Å². The summed E-state index contributed by atoms with van der Waals surface area (Å²) in [6, 6.07) is 12.3. The molecule has 0 bridgehead atoms. The molecule has 7 heteroatoms. The molecule has 0 atom stereocenters. The number of benzene rings is 2. The fourth-order valence-corrected chi connectivity index (χ4v) is 4.30. The molecular weight excluding hydrogens is 414 g/mol. The second-order valence-electron chi connectivity index (χ2n) is 8.50. The number of primary amides is 1. The van der Waals surface area contributed by atoms with Crippen LogP contribution < -0.4 is 20.7 Å². The van der Waals surface area contributed by atoms with Crippen molar-refractivity contribution in [3.8, 4) is 5.75 Å². The van der Waals surface area contributed by atoms with Gasteiger partial charge in [0.15, 0.2) is 0 Å². The van der Waals surface area contributed by atoms with E-state index in [2.05, 4.69) is 52.3 Å². The van der Waals surface area contributed by atoms with Crippen molar-refractivity contribution >= 4 is 33.9 Å². The van der Waals surface area contributed by atoms with Crippen LogP contribution in [0.2, 0.25) is 0 Å². The van der Waals surface area contributed by atoms with Crippen molar-refractivity contribution in [2.75, 3.05) is 50.1 Å². The highest BCUT2D eigenvalue weighted by Gasteiger charge is 2.21. The first-order valence-corrected chi connectivity index (χ1v) is 11.7. The largest absolute Gasteiger partial charge is 0.492 e. The first-order chi connectivity index (χ1) is 16.0. The number of rotatable bonds is 7. The molecule has 1 aliphatic rings. The van der Waals surface area contributed by atoms with Crippen LogP contribution in [-0.2, 0) is 6.42 Å². The average Bonchev–Trinajstić information content (AvgIpc) is 3.03. The van der Waals surface area contributed by atoms with Gasteiger partial charge in [-0.25, -0.2) is 0 Å². The van der Waals surface area contributed by atoms with E-state index in [9.17, 15) is 4.79 Å². The van der Waals surface area contributed by atoms with Crippen molar-refractivity contribution in [1.82, 2.24) is 9.88 Å². The molecule has 1 fully saturated rings. The van der Waals surface area contributed by atoms with Gasteiger partial charge in [-0.3, -0.25) is 9.78 Å². The van der Waals surface area contributed by atoms with Crippen molar-refractivity contribution in [3.63, 3.8) is 0 Å². The fourth-order valence-electron chi connectivity index (χ4n) is 4.30. The summed E-state index contributed by atoms with van der Waals surface area (Å²) in [5.74, 6) is 0.302. The smallest absolute Gasteiger partial charge is 0.252 e. The van der Waals surface area contributed by atoms with Crippen molar-refractivity contribution < 1.29 is 9.53 Å². The van der Waals surface area contributed by atoms with Gasteiger partial charge >= 0.3 is 0 Å². The fraction of sp³-hybridized carbons (Fsp3) is 0.385. The maximum absolute atomic E-state index is 12.3. The van der Waals surface area contributed by atoms with Gasteiger partial charge < -0.3 is 25.6 Å². The van der Waals surface area contributed by atoms with Crippen molar-refractivity contribution in [3.05, 3.63) is 53.7 Å². The van der Waals surface area contributed by atoms with Crippen molar-refractivity contribution in [1.29, 1.82) is 0 Å². The van der Waals surface area contributed by atoms with E-state index in [1.165, 1.54) is 5.56 Å². The quantitative estimate of drug-likeness (QED) is 0.565. The highest BCUT2D eigenvalue weighted by Crippen LogP contribution is 2.38. The molecule has 0 unspecified atom stereocenters. The van der Waals surface area contributed by atoms with E-state index in [4.69, 9.17) is 10.5 Å². The third-order valence-electron chi connectivity index (χ3n) is 6.21. The average molecular weight is 448 g/mol. The van der Waals surface area contributed by atoms with E-state index in [1.54, 1.807) is 6.20 Å². The van der Waals surface area contributed by atoms with Crippen LogP contribution >= 0.6 is 0 Å². The van der Waals surface area contributed by atoms with Gasteiger partial charge in [-0.05, 0) is 57.1 Å². The van der Waals surface area contributed by atoms with Crippen LogP contribution in [0.3, 0.4) is 0 Å². The van der Waals surface area contributed by atoms with Crippen LogP contribution in [0.15, 0.2) is 42.6 Å². The predicted molar refractivity (Wildman–Crippen MR) is 135 cm³/mol. The number of hydrogen-bond acceptors (Lipinski definition) is 6. The topological polar surface area (TPSA) is 83.7 Å². The second kappa shape index (κ2) is 10.1. The van der Waals surface area contributed by atoms with Gasteiger partial charge in [0.25, 0.3) is 5.91 Å². The Morgan fingerprint density at radius 3 is 2.61 bits per heavy atom. The molecule has 7 nitrogen and oxygen atoms in total. The van der Waals surface area contributed by atoms with Gasteiger partial charge in [0, 0.05) is 43.0 Å². The summed E-state index contributed by atoms with van der Waals surface area (Å²) in [4.78, 5) is 21.6. The van der Waals surface area contributed by atoms with Crippen molar-refractivity contribution in [2.24, 2.45) is 5.73 Å². The summed E-state index contributed by atoms with van der Waals surface area (Å²) in [6.45, 7) is 8.59. The molecule has 0 aliphatic carbocycles. The Morgan fingerprint density at radius 1 is 1.12 bits per heavy atom. The van der Waals surface area contributed by atoms with E-state index < -0.39 is 5.91 Å². The molecule has 1 aromatic heterocycles. The Balaban J connectivity index is 1.84. The lowest BCUT2D eigenvalue weighted by Gasteiger charge is -2.26. The summed E-state index contributed by atoms with van der Waals surface area (Å²) in [7, 11) is 2.16. The number of pyridine rings is 1. The maximum Gasteiger partial charge on any atom is 0.252 e. The van der Waals surface area contributed by atoms with Gasteiger partial charge in [-0.2, -0.15) is 0 Å². The molecule has 33 heavy (non-hydrogen) atoms. The van der Waals surface area contributed by atoms with Gasteiger partial charge in [-0.1, -0.05) is 19.1 Å². The molecule has 1 saturated heterocycles. The lowest BCUT2D eigenvalue weighted by Crippen LogP contribution is -2.29. The molecule has 2 heterocycles. The Kier molecular flexibility index (Phi) is 6.99. The Hall–Kier alpha value is -3.32. The number of nitrogens with one attached hydrogen (secondary N) is 1. The van der Waals surface area contributed by atoms with Gasteiger partial charge in [0.2, 0.25) is 0 Å². The number of aromatic nitrogens is 1. The summed E-state index contributed by atoms with van der Waals surface area (Å²) in [5, 5.41) is 4.29. The van der Waals surface area contributed by atoms with Crippen LogP contribution in [0.4, 0.5) is 17.1 Å². The van der Waals surface area contributed by atoms with Crippen LogP contribution in [0.1, 0.15) is 36.2 Å². The second-order valence-corrected chi connectivity index (χ2v) is 8.50. The van der Waals surface area contributed by atoms with Crippen LogP contribution in [0, 0.1) is 0 Å². The zero-order chi connectivity index (χ0) is 23.4. The highest BCUT2D eigenvalue weighted by atomic mass is 16.5. The van der Waals surface area contributed by atoms with Crippen LogP contribution in [0.5, 0.6) is 5.75 Å². The molecule has 0 saturated carbocycles. The Morgan fingerprint density at radius 2 is 1.91 bits per heavy atom. The van der Waals surface area contributed by atoms with E-state index in [1.807, 2.05) is 25.1 Å². The third-order valence-corrected chi connectivity index (χ3v) is 6.21. The zero-order valence-electron chi connectivity index (χ0n) is 19.7. The van der Waals surface area contributed by atoms with Gasteiger partial charge in [0.05, 0.1) is 29.1 Å². The maximum atomic E-state index is 12.3. The monoisotopic (exact) mass is 447 g/mol. The Bertz CT molecular complexity index is 1130. The molecule has 174 valence electrons. The summed E-state index contributed by atoms with van der Waals surface area (Å²) >= 11 is 0. The molecule has 2 aromatic carbocycles.